The lowest BCUT2D eigenvalue weighted by Crippen LogP contribution is -2.14. The van der Waals surface area contributed by atoms with E-state index in [-0.39, 0.29) is 20.9 Å². The third kappa shape index (κ3) is 3.75. The number of benzene rings is 1. The van der Waals surface area contributed by atoms with Gasteiger partial charge in [0.1, 0.15) is 17.8 Å². The third-order valence-electron chi connectivity index (χ3n) is 2.44. The molecule has 1 aromatic carbocycles. The lowest BCUT2D eigenvalue weighted by Gasteiger charge is -2.10. The fourth-order valence-electron chi connectivity index (χ4n) is 1.50. The minimum atomic E-state index is -3.84. The molecule has 0 unspecified atom stereocenters. The Balaban J connectivity index is 2.30. The van der Waals surface area contributed by atoms with Gasteiger partial charge in [-0.25, -0.2) is 18.4 Å². The second-order valence-electron chi connectivity index (χ2n) is 3.84. The van der Waals surface area contributed by atoms with Crippen LogP contribution in [0.5, 0.6) is 5.75 Å². The quantitative estimate of drug-likeness (QED) is 0.840. The molecule has 0 atom stereocenters. The normalized spacial score (nSPS) is 11.2. The molecular formula is C12H11Cl2N3O3S. The van der Waals surface area contributed by atoms with Gasteiger partial charge in [0.2, 0.25) is 0 Å². The Bertz CT molecular complexity index is 716. The van der Waals surface area contributed by atoms with Crippen molar-refractivity contribution in [1.82, 2.24) is 9.97 Å². The first-order valence-electron chi connectivity index (χ1n) is 5.85. The highest BCUT2D eigenvalue weighted by Gasteiger charge is 2.19. The molecule has 0 spiro atoms. The van der Waals surface area contributed by atoms with Crippen LogP contribution in [0.3, 0.4) is 0 Å². The van der Waals surface area contributed by atoms with Crippen LogP contribution in [0.2, 0.25) is 10.3 Å². The maximum atomic E-state index is 12.3. The molecule has 2 rings (SSSR count). The summed E-state index contributed by atoms with van der Waals surface area (Å²) in [6, 6.07) is 5.95. The van der Waals surface area contributed by atoms with Crippen LogP contribution in [0.4, 0.5) is 5.69 Å². The van der Waals surface area contributed by atoms with E-state index in [0.717, 1.165) is 6.33 Å². The third-order valence-corrected chi connectivity index (χ3v) is 4.37. The number of sulfonamides is 1. The van der Waals surface area contributed by atoms with E-state index in [0.29, 0.717) is 12.4 Å². The van der Waals surface area contributed by atoms with Crippen molar-refractivity contribution >= 4 is 38.9 Å². The summed E-state index contributed by atoms with van der Waals surface area (Å²) < 4.78 is 32.0. The number of nitrogens with zero attached hydrogens (tertiary/aromatic N) is 2. The predicted molar refractivity (Wildman–Crippen MR) is 80.5 cm³/mol. The smallest absolute Gasteiger partial charge is 0.262 e. The zero-order valence-electron chi connectivity index (χ0n) is 10.9. The Hall–Kier alpha value is -1.57. The molecule has 0 aliphatic rings. The van der Waals surface area contributed by atoms with Crippen molar-refractivity contribution in [3.63, 3.8) is 0 Å². The Morgan fingerprint density at radius 1 is 1.14 bits per heavy atom. The second kappa shape index (κ2) is 6.46. The summed E-state index contributed by atoms with van der Waals surface area (Å²) in [6.07, 6.45) is 1.14. The minimum absolute atomic E-state index is 0.0435. The Morgan fingerprint density at radius 3 is 2.24 bits per heavy atom. The van der Waals surface area contributed by atoms with Gasteiger partial charge in [-0.1, -0.05) is 23.2 Å². The molecule has 0 saturated carbocycles. The molecule has 0 amide bonds. The molecule has 0 aliphatic heterocycles. The second-order valence-corrected chi connectivity index (χ2v) is 6.24. The monoisotopic (exact) mass is 347 g/mol. The first kappa shape index (κ1) is 15.8. The van der Waals surface area contributed by atoms with Crippen LogP contribution < -0.4 is 9.46 Å². The highest BCUT2D eigenvalue weighted by atomic mass is 35.5. The summed E-state index contributed by atoms with van der Waals surface area (Å²) in [6.45, 7) is 2.34. The number of nitrogens with one attached hydrogen (secondary N) is 1. The molecule has 0 fully saturated rings. The van der Waals surface area contributed by atoms with Crippen molar-refractivity contribution in [3.8, 4) is 5.75 Å². The molecule has 0 saturated heterocycles. The van der Waals surface area contributed by atoms with Gasteiger partial charge in [0, 0.05) is 0 Å². The highest BCUT2D eigenvalue weighted by molar-refractivity contribution is 7.92. The van der Waals surface area contributed by atoms with E-state index in [4.69, 9.17) is 27.9 Å². The molecule has 112 valence electrons. The highest BCUT2D eigenvalue weighted by Crippen LogP contribution is 2.28. The molecule has 6 nitrogen and oxygen atoms in total. The lowest BCUT2D eigenvalue weighted by molar-refractivity contribution is 0.340. The van der Waals surface area contributed by atoms with Gasteiger partial charge in [0.05, 0.1) is 11.5 Å². The maximum absolute atomic E-state index is 12.3. The topological polar surface area (TPSA) is 81.2 Å². The van der Waals surface area contributed by atoms with Gasteiger partial charge in [-0.15, -0.1) is 0 Å². The fraction of sp³-hybridized carbons (Fsp3) is 0.167. The van der Waals surface area contributed by atoms with Gasteiger partial charge in [-0.2, -0.15) is 0 Å². The van der Waals surface area contributed by atoms with E-state index in [1.807, 2.05) is 6.92 Å². The van der Waals surface area contributed by atoms with Crippen LogP contribution in [0, 0.1) is 0 Å². The van der Waals surface area contributed by atoms with Crippen molar-refractivity contribution in [3.05, 3.63) is 40.9 Å². The van der Waals surface area contributed by atoms with E-state index in [1.54, 1.807) is 12.1 Å². The molecule has 1 heterocycles. The molecule has 0 radical (unpaired) electrons. The van der Waals surface area contributed by atoms with Crippen LogP contribution in [-0.2, 0) is 10.0 Å². The van der Waals surface area contributed by atoms with Gasteiger partial charge in [-0.05, 0) is 31.2 Å². The first-order valence-corrected chi connectivity index (χ1v) is 8.09. The zero-order valence-corrected chi connectivity index (χ0v) is 13.2. The van der Waals surface area contributed by atoms with Gasteiger partial charge < -0.3 is 4.74 Å². The molecule has 21 heavy (non-hydrogen) atoms. The SMILES string of the molecule is CCOc1ccc(S(=O)(=O)Nc2c(Cl)ncnc2Cl)cc1. The molecular weight excluding hydrogens is 337 g/mol. The Labute approximate surface area is 132 Å². The molecule has 9 heteroatoms. The number of hydrogen-bond donors (Lipinski definition) is 1. The average molecular weight is 348 g/mol. The Morgan fingerprint density at radius 2 is 1.71 bits per heavy atom. The summed E-state index contributed by atoms with van der Waals surface area (Å²) in [7, 11) is -3.84. The van der Waals surface area contributed by atoms with E-state index < -0.39 is 10.0 Å². The molecule has 1 N–H and O–H groups in total. The molecule has 2 aromatic rings. The standard InChI is InChI=1S/C12H11Cl2N3O3S/c1-2-20-8-3-5-9(6-4-8)21(18,19)17-10-11(13)15-7-16-12(10)14/h3-7,17H,2H2,1H3. The van der Waals surface area contributed by atoms with Gasteiger partial charge in [-0.3, -0.25) is 4.72 Å². The molecule has 0 aliphatic carbocycles. The summed E-state index contributed by atoms with van der Waals surface area (Å²) in [5, 5.41) is -0.158. The lowest BCUT2D eigenvalue weighted by atomic mass is 10.3. The minimum Gasteiger partial charge on any atom is -0.494 e. The van der Waals surface area contributed by atoms with Crippen molar-refractivity contribution < 1.29 is 13.2 Å². The molecule has 1 aromatic heterocycles. The number of ether oxygens (including phenoxy) is 1. The largest absolute Gasteiger partial charge is 0.494 e. The average Bonchev–Trinajstić information content (AvgIpc) is 2.44. The number of rotatable bonds is 5. The van der Waals surface area contributed by atoms with E-state index in [1.165, 1.54) is 12.1 Å². The van der Waals surface area contributed by atoms with Crippen molar-refractivity contribution in [1.29, 1.82) is 0 Å². The summed E-state index contributed by atoms with van der Waals surface area (Å²) in [5.74, 6) is 0.579. The van der Waals surface area contributed by atoms with Crippen LogP contribution in [0.15, 0.2) is 35.5 Å². The van der Waals surface area contributed by atoms with E-state index in [2.05, 4.69) is 14.7 Å². The number of aromatic nitrogens is 2. The van der Waals surface area contributed by atoms with Crippen molar-refractivity contribution in [2.75, 3.05) is 11.3 Å². The zero-order chi connectivity index (χ0) is 15.5. The summed E-state index contributed by atoms with van der Waals surface area (Å²) >= 11 is 11.6. The summed E-state index contributed by atoms with van der Waals surface area (Å²) in [4.78, 5) is 7.40. The van der Waals surface area contributed by atoms with Crippen LogP contribution in [0.25, 0.3) is 0 Å². The van der Waals surface area contributed by atoms with E-state index >= 15 is 0 Å². The number of halogens is 2. The number of hydrogen-bond acceptors (Lipinski definition) is 5. The maximum Gasteiger partial charge on any atom is 0.262 e. The van der Waals surface area contributed by atoms with Crippen LogP contribution in [0.1, 0.15) is 6.92 Å². The first-order chi connectivity index (χ1) is 9.94. The fourth-order valence-corrected chi connectivity index (χ4v) is 3.10. The van der Waals surface area contributed by atoms with E-state index in [9.17, 15) is 8.42 Å². The van der Waals surface area contributed by atoms with Gasteiger partial charge in [0.25, 0.3) is 10.0 Å². The summed E-state index contributed by atoms with van der Waals surface area (Å²) in [5.41, 5.74) is -0.0604. The van der Waals surface area contributed by atoms with Crippen LogP contribution >= 0.6 is 23.2 Å². The van der Waals surface area contributed by atoms with Gasteiger partial charge in [0.15, 0.2) is 10.3 Å². The van der Waals surface area contributed by atoms with Gasteiger partial charge >= 0.3 is 0 Å². The molecule has 0 bridgehead atoms. The Kier molecular flexibility index (Phi) is 4.87. The van der Waals surface area contributed by atoms with Crippen molar-refractivity contribution in [2.45, 2.75) is 11.8 Å². The van der Waals surface area contributed by atoms with Crippen LogP contribution in [-0.4, -0.2) is 25.0 Å². The number of anilines is 1. The van der Waals surface area contributed by atoms with Crippen molar-refractivity contribution in [2.24, 2.45) is 0 Å². The predicted octanol–water partition coefficient (Wildman–Crippen LogP) is 2.98.